The van der Waals surface area contributed by atoms with Crippen LogP contribution in [-0.4, -0.2) is 11.2 Å². The largest absolute Gasteiger partial charge is 0.320 e. The van der Waals surface area contributed by atoms with Gasteiger partial charge in [0.2, 0.25) is 0 Å². The van der Waals surface area contributed by atoms with Gasteiger partial charge >= 0.3 is 8.25 Å². The van der Waals surface area contributed by atoms with E-state index in [0.717, 1.165) is 12.8 Å². The highest BCUT2D eigenvalue weighted by molar-refractivity contribution is 7.33. The fraction of sp³-hybridized carbons (Fsp3) is 1.00. The minimum Gasteiger partial charge on any atom is -0.305 e. The first-order chi connectivity index (χ1) is 8.52. The number of hydrogen-bond acceptors (Lipinski definition) is 3. The Labute approximate surface area is 126 Å². The van der Waals surface area contributed by atoms with Gasteiger partial charge < -0.3 is 9.05 Å². The van der Waals surface area contributed by atoms with Gasteiger partial charge in [0.1, 0.15) is 0 Å². The SMILES string of the molecule is CC(C)(C)CC(C)(C)O[PH](=O)OC(C)(C)CC(C)(C)C. The van der Waals surface area contributed by atoms with Gasteiger partial charge in [-0.3, -0.25) is 4.57 Å². The van der Waals surface area contributed by atoms with Crippen molar-refractivity contribution in [3.8, 4) is 0 Å². The lowest BCUT2D eigenvalue weighted by Crippen LogP contribution is -2.31. The molecule has 0 rings (SSSR count). The summed E-state index contributed by atoms with van der Waals surface area (Å²) in [6, 6.07) is 0. The van der Waals surface area contributed by atoms with Crippen LogP contribution in [0.4, 0.5) is 0 Å². The highest BCUT2D eigenvalue weighted by Crippen LogP contribution is 2.43. The van der Waals surface area contributed by atoms with Crippen LogP contribution in [0.5, 0.6) is 0 Å². The van der Waals surface area contributed by atoms with Gasteiger partial charge in [0.05, 0.1) is 11.2 Å². The third-order valence-electron chi connectivity index (χ3n) is 2.63. The molecule has 0 atom stereocenters. The zero-order valence-electron chi connectivity index (χ0n) is 15.1. The van der Waals surface area contributed by atoms with Crippen molar-refractivity contribution in [2.24, 2.45) is 10.8 Å². The van der Waals surface area contributed by atoms with Gasteiger partial charge in [-0.05, 0) is 51.4 Å². The van der Waals surface area contributed by atoms with E-state index in [1.165, 1.54) is 0 Å². The summed E-state index contributed by atoms with van der Waals surface area (Å²) >= 11 is 0. The average Bonchev–Trinajstić information content (AvgIpc) is 1.86. The van der Waals surface area contributed by atoms with E-state index in [9.17, 15) is 4.57 Å². The van der Waals surface area contributed by atoms with Gasteiger partial charge in [0.15, 0.2) is 0 Å². The van der Waals surface area contributed by atoms with Crippen molar-refractivity contribution in [2.45, 2.75) is 93.3 Å². The summed E-state index contributed by atoms with van der Waals surface area (Å²) < 4.78 is 23.6. The molecule has 0 unspecified atom stereocenters. The van der Waals surface area contributed by atoms with Crippen LogP contribution in [0.15, 0.2) is 0 Å². The fourth-order valence-corrected chi connectivity index (χ4v) is 4.19. The Balaban J connectivity index is 4.56. The van der Waals surface area contributed by atoms with Crippen molar-refractivity contribution >= 4 is 8.25 Å². The molecule has 0 aromatic heterocycles. The summed E-state index contributed by atoms with van der Waals surface area (Å²) in [6.45, 7) is 20.8. The standard InChI is InChI=1S/C16H35O3P/c1-13(2,3)11-15(7,8)18-20(17)19-16(9,10)12-14(4,5)6/h20H,11-12H2,1-10H3. The molecule has 3 nitrogen and oxygen atoms in total. The Morgan fingerprint density at radius 3 is 1.10 bits per heavy atom. The predicted molar refractivity (Wildman–Crippen MR) is 87.5 cm³/mol. The van der Waals surface area contributed by atoms with E-state index in [0.29, 0.717) is 0 Å². The van der Waals surface area contributed by atoms with Crippen molar-refractivity contribution in [2.75, 3.05) is 0 Å². The predicted octanol–water partition coefficient (Wildman–Crippen LogP) is 5.84. The monoisotopic (exact) mass is 306 g/mol. The molecule has 0 bridgehead atoms. The molecule has 0 aliphatic heterocycles. The average molecular weight is 306 g/mol. The van der Waals surface area contributed by atoms with Crippen LogP contribution < -0.4 is 0 Å². The Kier molecular flexibility index (Phi) is 6.55. The molecular formula is C16H35O3P. The van der Waals surface area contributed by atoms with Crippen LogP contribution in [0.25, 0.3) is 0 Å². The number of hydrogen-bond donors (Lipinski definition) is 0. The zero-order chi connectivity index (χ0) is 16.4. The quantitative estimate of drug-likeness (QED) is 0.578. The lowest BCUT2D eigenvalue weighted by molar-refractivity contribution is 0.00999. The topological polar surface area (TPSA) is 35.5 Å². The summed E-state index contributed by atoms with van der Waals surface area (Å²) in [7, 11) is -2.50. The van der Waals surface area contributed by atoms with E-state index in [-0.39, 0.29) is 10.8 Å². The van der Waals surface area contributed by atoms with Crippen LogP contribution >= 0.6 is 8.25 Å². The van der Waals surface area contributed by atoms with Crippen LogP contribution in [0.2, 0.25) is 0 Å². The van der Waals surface area contributed by atoms with Gasteiger partial charge in [-0.1, -0.05) is 41.5 Å². The molecule has 0 N–H and O–H groups in total. The van der Waals surface area contributed by atoms with Crippen molar-refractivity contribution < 1.29 is 13.6 Å². The molecular weight excluding hydrogens is 271 g/mol. The molecule has 0 heterocycles. The fourth-order valence-electron chi connectivity index (χ4n) is 3.10. The first kappa shape index (κ1) is 20.1. The first-order valence-electron chi connectivity index (χ1n) is 7.43. The third kappa shape index (κ3) is 10.9. The zero-order valence-corrected chi connectivity index (χ0v) is 16.1. The van der Waals surface area contributed by atoms with E-state index in [1.54, 1.807) is 0 Å². The maximum Gasteiger partial charge on any atom is 0.320 e. The van der Waals surface area contributed by atoms with Gasteiger partial charge in [-0.2, -0.15) is 0 Å². The Hall–Kier alpha value is 0.150. The molecule has 0 spiro atoms. The lowest BCUT2D eigenvalue weighted by Gasteiger charge is -2.35. The van der Waals surface area contributed by atoms with Crippen LogP contribution in [0, 0.1) is 10.8 Å². The summed E-state index contributed by atoms with van der Waals surface area (Å²) in [5, 5.41) is 0. The highest BCUT2D eigenvalue weighted by Gasteiger charge is 2.32. The summed E-state index contributed by atoms with van der Waals surface area (Å²) in [5.41, 5.74) is -0.614. The van der Waals surface area contributed by atoms with Crippen LogP contribution in [-0.2, 0) is 13.6 Å². The Bertz CT molecular complexity index is 301. The van der Waals surface area contributed by atoms with E-state index >= 15 is 0 Å². The second-order valence-corrected chi connectivity index (χ2v) is 10.4. The second kappa shape index (κ2) is 6.50. The molecule has 4 heteroatoms. The highest BCUT2D eigenvalue weighted by atomic mass is 31.1. The molecule has 0 saturated carbocycles. The van der Waals surface area contributed by atoms with E-state index in [4.69, 9.17) is 9.05 Å². The Morgan fingerprint density at radius 2 is 0.900 bits per heavy atom. The smallest absolute Gasteiger partial charge is 0.305 e. The van der Waals surface area contributed by atoms with Gasteiger partial charge in [0, 0.05) is 0 Å². The van der Waals surface area contributed by atoms with Crippen molar-refractivity contribution in [1.29, 1.82) is 0 Å². The maximum absolute atomic E-state index is 12.2. The molecule has 0 radical (unpaired) electrons. The van der Waals surface area contributed by atoms with E-state index < -0.39 is 19.5 Å². The van der Waals surface area contributed by atoms with Crippen molar-refractivity contribution in [3.05, 3.63) is 0 Å². The first-order valence-corrected chi connectivity index (χ1v) is 8.66. The van der Waals surface area contributed by atoms with Gasteiger partial charge in [-0.15, -0.1) is 0 Å². The molecule has 20 heavy (non-hydrogen) atoms. The molecule has 0 saturated heterocycles. The van der Waals surface area contributed by atoms with Crippen LogP contribution in [0.1, 0.15) is 82.1 Å². The molecule has 0 aliphatic rings. The van der Waals surface area contributed by atoms with Crippen molar-refractivity contribution in [3.63, 3.8) is 0 Å². The minimum absolute atomic E-state index is 0.132. The molecule has 0 aromatic rings. The maximum atomic E-state index is 12.2. The Morgan fingerprint density at radius 1 is 0.650 bits per heavy atom. The summed E-state index contributed by atoms with van der Waals surface area (Å²) in [6.07, 6.45) is 1.67. The summed E-state index contributed by atoms with van der Waals surface area (Å²) in [5.74, 6) is 0. The lowest BCUT2D eigenvalue weighted by atomic mass is 9.84. The molecule has 0 aromatic carbocycles. The minimum atomic E-state index is -2.50. The molecule has 0 aliphatic carbocycles. The molecule has 0 fully saturated rings. The van der Waals surface area contributed by atoms with E-state index in [1.807, 2.05) is 27.7 Å². The van der Waals surface area contributed by atoms with E-state index in [2.05, 4.69) is 41.5 Å². The van der Waals surface area contributed by atoms with Gasteiger partial charge in [-0.25, -0.2) is 0 Å². The second-order valence-electron chi connectivity index (χ2n) is 9.45. The van der Waals surface area contributed by atoms with Crippen LogP contribution in [0.3, 0.4) is 0 Å². The third-order valence-corrected chi connectivity index (χ3v) is 4.07. The molecule has 0 amide bonds. The normalized spacial score (nSPS) is 14.9. The van der Waals surface area contributed by atoms with Gasteiger partial charge in [0.25, 0.3) is 0 Å². The summed E-state index contributed by atoms with van der Waals surface area (Å²) in [4.78, 5) is 0. The number of rotatable bonds is 6. The molecule has 122 valence electrons. The van der Waals surface area contributed by atoms with Crippen molar-refractivity contribution in [1.82, 2.24) is 0 Å².